The highest BCUT2D eigenvalue weighted by Gasteiger charge is 2.16. The van der Waals surface area contributed by atoms with E-state index in [0.29, 0.717) is 24.8 Å². The average Bonchev–Trinajstić information content (AvgIpc) is 2.26. The molecule has 0 aliphatic heterocycles. The van der Waals surface area contributed by atoms with Crippen molar-refractivity contribution in [3.8, 4) is 0 Å². The van der Waals surface area contributed by atoms with Crippen LogP contribution in [-0.4, -0.2) is 28.9 Å². The van der Waals surface area contributed by atoms with Crippen LogP contribution in [0.3, 0.4) is 0 Å². The number of nitrogens with two attached hydrogens (primary N) is 2. The number of aliphatic carboxylic acids is 1. The van der Waals surface area contributed by atoms with Crippen LogP contribution in [0.4, 0.5) is 0 Å². The van der Waals surface area contributed by atoms with Gasteiger partial charge >= 0.3 is 5.97 Å². The SMILES string of the molecule is C/C=C(\C)C(=O)C(N)CCC[C@H](N)C(=O)O. The summed E-state index contributed by atoms with van der Waals surface area (Å²) >= 11 is 0. The maximum atomic E-state index is 11.5. The number of carbonyl (C=O) groups is 2. The minimum Gasteiger partial charge on any atom is -0.480 e. The fraction of sp³-hybridized carbons (Fsp3) is 0.636. The first kappa shape index (κ1) is 14.8. The zero-order chi connectivity index (χ0) is 12.7. The van der Waals surface area contributed by atoms with Crippen molar-refractivity contribution in [2.24, 2.45) is 11.5 Å². The molecule has 0 saturated heterocycles. The number of carboxylic acids is 1. The largest absolute Gasteiger partial charge is 0.480 e. The third-order valence-corrected chi connectivity index (χ3v) is 2.51. The molecule has 0 bridgehead atoms. The normalized spacial score (nSPS) is 15.6. The van der Waals surface area contributed by atoms with Crippen LogP contribution >= 0.6 is 0 Å². The molecular formula is C11H20N2O3. The lowest BCUT2D eigenvalue weighted by atomic mass is 9.99. The van der Waals surface area contributed by atoms with E-state index in [2.05, 4.69) is 0 Å². The van der Waals surface area contributed by atoms with Gasteiger partial charge in [-0.05, 0) is 38.7 Å². The van der Waals surface area contributed by atoms with Gasteiger partial charge in [0.25, 0.3) is 0 Å². The number of carbonyl (C=O) groups excluding carboxylic acids is 1. The van der Waals surface area contributed by atoms with Crippen molar-refractivity contribution in [1.29, 1.82) is 0 Å². The predicted octanol–water partition coefficient (Wildman–Crippen LogP) is 0.431. The van der Waals surface area contributed by atoms with Crippen LogP contribution in [0.25, 0.3) is 0 Å². The van der Waals surface area contributed by atoms with Gasteiger partial charge in [-0.25, -0.2) is 0 Å². The summed E-state index contributed by atoms with van der Waals surface area (Å²) < 4.78 is 0. The zero-order valence-corrected chi connectivity index (χ0v) is 9.77. The molecule has 0 radical (unpaired) electrons. The molecule has 0 aromatic carbocycles. The third kappa shape index (κ3) is 5.04. The monoisotopic (exact) mass is 228 g/mol. The number of allylic oxidation sites excluding steroid dienone is 1. The minimum atomic E-state index is -1.02. The highest BCUT2D eigenvalue weighted by atomic mass is 16.4. The molecule has 5 heteroatoms. The van der Waals surface area contributed by atoms with E-state index in [9.17, 15) is 9.59 Å². The number of ketones is 1. The number of hydrogen-bond donors (Lipinski definition) is 3. The van der Waals surface area contributed by atoms with E-state index < -0.39 is 18.1 Å². The minimum absolute atomic E-state index is 0.0913. The second-order valence-corrected chi connectivity index (χ2v) is 3.82. The van der Waals surface area contributed by atoms with E-state index in [4.69, 9.17) is 16.6 Å². The van der Waals surface area contributed by atoms with Crippen LogP contribution in [0.15, 0.2) is 11.6 Å². The van der Waals surface area contributed by atoms with Crippen LogP contribution in [0, 0.1) is 0 Å². The summed E-state index contributed by atoms with van der Waals surface area (Å²) in [5.41, 5.74) is 11.6. The smallest absolute Gasteiger partial charge is 0.320 e. The lowest BCUT2D eigenvalue weighted by Gasteiger charge is -2.11. The standard InChI is InChI=1S/C11H20N2O3/c1-3-7(2)10(14)8(12)5-4-6-9(13)11(15)16/h3,8-9H,4-6,12-13H2,1-2H3,(H,15,16)/b7-3+/t8?,9-/m0/s1. The van der Waals surface area contributed by atoms with Crippen molar-refractivity contribution in [2.75, 3.05) is 0 Å². The van der Waals surface area contributed by atoms with E-state index in [0.717, 1.165) is 0 Å². The van der Waals surface area contributed by atoms with Gasteiger partial charge in [-0.2, -0.15) is 0 Å². The van der Waals surface area contributed by atoms with Crippen molar-refractivity contribution < 1.29 is 14.7 Å². The molecule has 16 heavy (non-hydrogen) atoms. The molecule has 0 amide bonds. The molecule has 0 fully saturated rings. The van der Waals surface area contributed by atoms with Gasteiger partial charge in [0.15, 0.2) is 5.78 Å². The summed E-state index contributed by atoms with van der Waals surface area (Å²) in [5, 5.41) is 8.55. The van der Waals surface area contributed by atoms with Gasteiger partial charge in [0.2, 0.25) is 0 Å². The highest BCUT2D eigenvalue weighted by Crippen LogP contribution is 2.06. The molecule has 0 aliphatic rings. The first-order valence-electron chi connectivity index (χ1n) is 5.31. The first-order valence-corrected chi connectivity index (χ1v) is 5.31. The fourth-order valence-electron chi connectivity index (χ4n) is 1.25. The molecule has 92 valence electrons. The number of carboxylic acid groups (broad SMARTS) is 1. The molecule has 2 atom stereocenters. The average molecular weight is 228 g/mol. The Morgan fingerprint density at radius 1 is 1.25 bits per heavy atom. The summed E-state index contributed by atoms with van der Waals surface area (Å²) in [4.78, 5) is 22.0. The number of hydrogen-bond acceptors (Lipinski definition) is 4. The van der Waals surface area contributed by atoms with Gasteiger partial charge in [-0.15, -0.1) is 0 Å². The van der Waals surface area contributed by atoms with Gasteiger partial charge < -0.3 is 16.6 Å². The maximum Gasteiger partial charge on any atom is 0.320 e. The van der Waals surface area contributed by atoms with Crippen LogP contribution in [-0.2, 0) is 9.59 Å². The molecular weight excluding hydrogens is 208 g/mol. The predicted molar refractivity (Wildman–Crippen MR) is 61.9 cm³/mol. The summed E-state index contributed by atoms with van der Waals surface area (Å²) in [6.07, 6.45) is 3.05. The molecule has 5 N–H and O–H groups in total. The van der Waals surface area contributed by atoms with Crippen LogP contribution < -0.4 is 11.5 Å². The molecule has 1 unspecified atom stereocenters. The van der Waals surface area contributed by atoms with Gasteiger partial charge in [0.1, 0.15) is 6.04 Å². The Morgan fingerprint density at radius 3 is 2.19 bits per heavy atom. The highest BCUT2D eigenvalue weighted by molar-refractivity contribution is 5.98. The molecule has 0 rings (SSSR count). The third-order valence-electron chi connectivity index (χ3n) is 2.51. The van der Waals surface area contributed by atoms with E-state index >= 15 is 0 Å². The number of rotatable bonds is 7. The topological polar surface area (TPSA) is 106 Å². The fourth-order valence-corrected chi connectivity index (χ4v) is 1.25. The molecule has 0 aromatic rings. The lowest BCUT2D eigenvalue weighted by Crippen LogP contribution is -2.33. The van der Waals surface area contributed by atoms with E-state index in [1.165, 1.54) is 0 Å². The van der Waals surface area contributed by atoms with Crippen molar-refractivity contribution >= 4 is 11.8 Å². The van der Waals surface area contributed by atoms with Crippen molar-refractivity contribution in [2.45, 2.75) is 45.2 Å². The first-order chi connectivity index (χ1) is 7.40. The van der Waals surface area contributed by atoms with Crippen molar-refractivity contribution in [3.63, 3.8) is 0 Å². The summed E-state index contributed by atoms with van der Waals surface area (Å²) in [6.45, 7) is 3.49. The van der Waals surface area contributed by atoms with Crippen molar-refractivity contribution in [3.05, 3.63) is 11.6 Å². The Balaban J connectivity index is 3.95. The van der Waals surface area contributed by atoms with Gasteiger partial charge in [-0.3, -0.25) is 9.59 Å². The quantitative estimate of drug-likeness (QED) is 0.548. The van der Waals surface area contributed by atoms with Crippen LogP contribution in [0.1, 0.15) is 33.1 Å². The molecule has 0 heterocycles. The van der Waals surface area contributed by atoms with Gasteiger partial charge in [-0.1, -0.05) is 6.08 Å². The van der Waals surface area contributed by atoms with Crippen LogP contribution in [0.2, 0.25) is 0 Å². The van der Waals surface area contributed by atoms with E-state index in [-0.39, 0.29) is 5.78 Å². The molecule has 0 aliphatic carbocycles. The zero-order valence-electron chi connectivity index (χ0n) is 9.77. The second kappa shape index (κ2) is 7.14. The Bertz CT molecular complexity index is 287. The Morgan fingerprint density at radius 2 is 1.75 bits per heavy atom. The van der Waals surface area contributed by atoms with E-state index in [1.807, 2.05) is 0 Å². The van der Waals surface area contributed by atoms with Gasteiger partial charge in [0.05, 0.1) is 6.04 Å². The summed E-state index contributed by atoms with van der Waals surface area (Å²) in [5.74, 6) is -1.11. The van der Waals surface area contributed by atoms with E-state index in [1.54, 1.807) is 19.9 Å². The second-order valence-electron chi connectivity index (χ2n) is 3.82. The molecule has 0 saturated carbocycles. The lowest BCUT2D eigenvalue weighted by molar-refractivity contribution is -0.138. The number of Topliss-reactive ketones (excluding diaryl/α,β-unsaturated/α-hetero) is 1. The Kier molecular flexibility index (Phi) is 6.60. The summed E-state index contributed by atoms with van der Waals surface area (Å²) in [7, 11) is 0. The van der Waals surface area contributed by atoms with Gasteiger partial charge in [0, 0.05) is 0 Å². The Hall–Kier alpha value is -1.20. The molecule has 5 nitrogen and oxygen atoms in total. The molecule has 0 aromatic heterocycles. The maximum absolute atomic E-state index is 11.5. The van der Waals surface area contributed by atoms with Crippen LogP contribution in [0.5, 0.6) is 0 Å². The van der Waals surface area contributed by atoms with Crippen molar-refractivity contribution in [1.82, 2.24) is 0 Å². The Labute approximate surface area is 95.5 Å². The molecule has 0 spiro atoms. The summed E-state index contributed by atoms with van der Waals surface area (Å²) in [6, 6.07) is -1.43.